The van der Waals surface area contributed by atoms with Gasteiger partial charge in [-0.25, -0.2) is 0 Å². The summed E-state index contributed by atoms with van der Waals surface area (Å²) < 4.78 is 0. The van der Waals surface area contributed by atoms with Gasteiger partial charge in [0.05, 0.1) is 11.3 Å². The molecule has 1 unspecified atom stereocenters. The molecule has 1 aliphatic heterocycles. The molecule has 1 saturated heterocycles. The minimum absolute atomic E-state index is 0.0625. The van der Waals surface area contributed by atoms with E-state index in [2.05, 4.69) is 5.32 Å². The Morgan fingerprint density at radius 3 is 2.39 bits per heavy atom. The normalized spacial score (nSPS) is 22.6. The van der Waals surface area contributed by atoms with Crippen LogP contribution in [0.5, 0.6) is 0 Å². The van der Waals surface area contributed by atoms with Crippen LogP contribution in [-0.4, -0.2) is 46.9 Å². The molecule has 6 nitrogen and oxygen atoms in total. The van der Waals surface area contributed by atoms with Gasteiger partial charge in [0, 0.05) is 25.6 Å². The van der Waals surface area contributed by atoms with Crippen molar-refractivity contribution in [1.29, 1.82) is 0 Å². The van der Waals surface area contributed by atoms with Crippen molar-refractivity contribution in [3.8, 4) is 0 Å². The Kier molecular flexibility index (Phi) is 5.65. The van der Waals surface area contributed by atoms with Gasteiger partial charge in [-0.15, -0.1) is 0 Å². The number of nitrogens with zero attached hydrogens (tertiary/aromatic N) is 1. The number of likely N-dealkylation sites (tertiary alicyclic amines) is 1. The monoisotopic (exact) mass is 324 g/mol. The van der Waals surface area contributed by atoms with E-state index in [0.717, 1.165) is 25.7 Å². The molecule has 130 valence electrons. The predicted molar refractivity (Wildman–Crippen MR) is 85.7 cm³/mol. The maximum absolute atomic E-state index is 12.4. The highest BCUT2D eigenvalue weighted by molar-refractivity contribution is 5.89. The number of carbonyl (C=O) groups excluding carboxylic acids is 2. The molecule has 2 aliphatic rings. The first kappa shape index (κ1) is 17.8. The summed E-state index contributed by atoms with van der Waals surface area (Å²) in [4.78, 5) is 37.9. The number of rotatable bonds is 7. The fraction of sp³-hybridized carbons (Fsp3) is 0.824. The largest absolute Gasteiger partial charge is 0.481 e. The van der Waals surface area contributed by atoms with E-state index >= 15 is 0 Å². The third kappa shape index (κ3) is 3.67. The number of amides is 2. The SMILES string of the molecule is CCC(CC)(CNC(=O)C1CC(=O)N(C2CCCC2)C1)C(=O)O. The second-order valence-electron chi connectivity index (χ2n) is 6.90. The lowest BCUT2D eigenvalue weighted by Crippen LogP contribution is -2.44. The molecule has 0 aromatic rings. The van der Waals surface area contributed by atoms with E-state index in [1.807, 2.05) is 18.7 Å². The molecule has 23 heavy (non-hydrogen) atoms. The quantitative estimate of drug-likeness (QED) is 0.747. The van der Waals surface area contributed by atoms with Gasteiger partial charge in [0.1, 0.15) is 0 Å². The van der Waals surface area contributed by atoms with Gasteiger partial charge in [-0.3, -0.25) is 14.4 Å². The average Bonchev–Trinajstić information content (AvgIpc) is 3.17. The van der Waals surface area contributed by atoms with E-state index in [9.17, 15) is 19.5 Å². The molecule has 0 aromatic heterocycles. The number of hydrogen-bond donors (Lipinski definition) is 2. The lowest BCUT2D eigenvalue weighted by atomic mass is 9.82. The molecule has 0 aromatic carbocycles. The molecule has 0 radical (unpaired) electrons. The summed E-state index contributed by atoms with van der Waals surface area (Å²) >= 11 is 0. The first-order valence-electron chi connectivity index (χ1n) is 8.74. The molecular weight excluding hydrogens is 296 g/mol. The van der Waals surface area contributed by atoms with Crippen LogP contribution in [0.3, 0.4) is 0 Å². The zero-order valence-corrected chi connectivity index (χ0v) is 14.1. The van der Waals surface area contributed by atoms with Crippen molar-refractivity contribution >= 4 is 17.8 Å². The Balaban J connectivity index is 1.91. The Morgan fingerprint density at radius 1 is 1.26 bits per heavy atom. The highest BCUT2D eigenvalue weighted by Crippen LogP contribution is 2.30. The summed E-state index contributed by atoms with van der Waals surface area (Å²) in [7, 11) is 0. The van der Waals surface area contributed by atoms with Crippen molar-refractivity contribution in [1.82, 2.24) is 10.2 Å². The van der Waals surface area contributed by atoms with Crippen LogP contribution in [0, 0.1) is 11.3 Å². The zero-order chi connectivity index (χ0) is 17.0. The number of carboxylic acids is 1. The summed E-state index contributed by atoms with van der Waals surface area (Å²) in [5.74, 6) is -1.35. The molecule has 1 saturated carbocycles. The summed E-state index contributed by atoms with van der Waals surface area (Å²) in [6, 6.07) is 0.296. The van der Waals surface area contributed by atoms with E-state index in [-0.39, 0.29) is 30.7 Å². The number of carboxylic acid groups (broad SMARTS) is 1. The standard InChI is InChI=1S/C17H28N2O4/c1-3-17(4-2,16(22)23)11-18-15(21)12-9-14(20)19(10-12)13-7-5-6-8-13/h12-13H,3-11H2,1-2H3,(H,18,21)(H,22,23). The van der Waals surface area contributed by atoms with Crippen LogP contribution >= 0.6 is 0 Å². The third-order valence-electron chi connectivity index (χ3n) is 5.70. The van der Waals surface area contributed by atoms with Crippen LogP contribution in [0.4, 0.5) is 0 Å². The number of nitrogens with one attached hydrogen (secondary N) is 1. The van der Waals surface area contributed by atoms with Crippen molar-refractivity contribution in [2.75, 3.05) is 13.1 Å². The van der Waals surface area contributed by atoms with Crippen LogP contribution < -0.4 is 5.32 Å². The Bertz CT molecular complexity index is 467. The zero-order valence-electron chi connectivity index (χ0n) is 14.1. The molecule has 2 fully saturated rings. The molecule has 1 aliphatic carbocycles. The number of aliphatic carboxylic acids is 1. The fourth-order valence-corrected chi connectivity index (χ4v) is 3.75. The fourth-order valence-electron chi connectivity index (χ4n) is 3.75. The van der Waals surface area contributed by atoms with Gasteiger partial charge in [-0.05, 0) is 25.7 Å². The third-order valence-corrected chi connectivity index (χ3v) is 5.70. The van der Waals surface area contributed by atoms with Gasteiger partial charge in [0.15, 0.2) is 0 Å². The van der Waals surface area contributed by atoms with Gasteiger partial charge in [-0.2, -0.15) is 0 Å². The van der Waals surface area contributed by atoms with Crippen LogP contribution in [0.15, 0.2) is 0 Å². The van der Waals surface area contributed by atoms with Gasteiger partial charge >= 0.3 is 5.97 Å². The van der Waals surface area contributed by atoms with Crippen LogP contribution in [-0.2, 0) is 14.4 Å². The summed E-state index contributed by atoms with van der Waals surface area (Å²) in [6.45, 7) is 4.26. The van der Waals surface area contributed by atoms with Gasteiger partial charge in [0.25, 0.3) is 0 Å². The number of carbonyl (C=O) groups is 3. The van der Waals surface area contributed by atoms with E-state index in [0.29, 0.717) is 25.4 Å². The summed E-state index contributed by atoms with van der Waals surface area (Å²) in [6.07, 6.45) is 5.56. The minimum atomic E-state index is -0.913. The van der Waals surface area contributed by atoms with E-state index < -0.39 is 11.4 Å². The highest BCUT2D eigenvalue weighted by atomic mass is 16.4. The smallest absolute Gasteiger partial charge is 0.311 e. The lowest BCUT2D eigenvalue weighted by molar-refractivity contribution is -0.149. The Morgan fingerprint density at radius 2 is 1.87 bits per heavy atom. The van der Waals surface area contributed by atoms with Crippen molar-refractivity contribution < 1.29 is 19.5 Å². The van der Waals surface area contributed by atoms with Crippen molar-refractivity contribution in [3.63, 3.8) is 0 Å². The van der Waals surface area contributed by atoms with E-state index in [1.54, 1.807) is 0 Å². The summed E-state index contributed by atoms with van der Waals surface area (Å²) in [5.41, 5.74) is -0.913. The molecule has 6 heteroatoms. The van der Waals surface area contributed by atoms with Gasteiger partial charge in [-0.1, -0.05) is 26.7 Å². The van der Waals surface area contributed by atoms with Crippen LogP contribution in [0.1, 0.15) is 58.8 Å². The Labute approximate surface area is 137 Å². The molecule has 2 N–H and O–H groups in total. The maximum atomic E-state index is 12.4. The topological polar surface area (TPSA) is 86.7 Å². The second kappa shape index (κ2) is 7.32. The van der Waals surface area contributed by atoms with Gasteiger partial charge < -0.3 is 15.3 Å². The highest BCUT2D eigenvalue weighted by Gasteiger charge is 2.40. The average molecular weight is 324 g/mol. The first-order valence-corrected chi connectivity index (χ1v) is 8.74. The molecule has 1 atom stereocenters. The molecule has 0 bridgehead atoms. The predicted octanol–water partition coefficient (Wildman–Crippen LogP) is 1.78. The molecular formula is C17H28N2O4. The van der Waals surface area contributed by atoms with E-state index in [4.69, 9.17) is 0 Å². The van der Waals surface area contributed by atoms with Crippen molar-refractivity contribution in [2.24, 2.45) is 11.3 Å². The molecule has 0 spiro atoms. The maximum Gasteiger partial charge on any atom is 0.311 e. The van der Waals surface area contributed by atoms with Gasteiger partial charge in [0.2, 0.25) is 11.8 Å². The van der Waals surface area contributed by atoms with Crippen LogP contribution in [0.2, 0.25) is 0 Å². The molecule has 1 heterocycles. The first-order chi connectivity index (χ1) is 10.9. The van der Waals surface area contributed by atoms with Crippen molar-refractivity contribution in [2.45, 2.75) is 64.8 Å². The summed E-state index contributed by atoms with van der Waals surface area (Å²) in [5, 5.41) is 12.2. The second-order valence-corrected chi connectivity index (χ2v) is 6.90. The number of hydrogen-bond acceptors (Lipinski definition) is 3. The molecule has 2 rings (SSSR count). The lowest BCUT2D eigenvalue weighted by Gasteiger charge is -2.27. The minimum Gasteiger partial charge on any atom is -0.481 e. The van der Waals surface area contributed by atoms with Crippen LogP contribution in [0.25, 0.3) is 0 Å². The molecule has 2 amide bonds. The van der Waals surface area contributed by atoms with Crippen molar-refractivity contribution in [3.05, 3.63) is 0 Å². The van der Waals surface area contributed by atoms with E-state index in [1.165, 1.54) is 0 Å². The Hall–Kier alpha value is -1.59.